The summed E-state index contributed by atoms with van der Waals surface area (Å²) in [6, 6.07) is 21.9. The number of anilines is 2. The van der Waals surface area contributed by atoms with Crippen molar-refractivity contribution in [2.45, 2.75) is 19.9 Å². The van der Waals surface area contributed by atoms with E-state index in [1.165, 1.54) is 0 Å². The largest absolute Gasteiger partial charge is 0.355 e. The lowest BCUT2D eigenvalue weighted by molar-refractivity contribution is -0.117. The highest BCUT2D eigenvalue weighted by Crippen LogP contribution is 2.34. The molecule has 5 rings (SSSR count). The molecule has 9 heteroatoms. The summed E-state index contributed by atoms with van der Waals surface area (Å²) in [5.74, 6) is 0.289. The number of benzene rings is 2. The highest BCUT2D eigenvalue weighted by atomic mass is 16.5. The molecule has 0 bridgehead atoms. The molecule has 3 aromatic heterocycles. The predicted octanol–water partition coefficient (Wildman–Crippen LogP) is 5.06. The summed E-state index contributed by atoms with van der Waals surface area (Å²) in [6.07, 6.45) is 1.74. The maximum Gasteiger partial charge on any atom is 0.279 e. The molecule has 1 unspecified atom stereocenters. The van der Waals surface area contributed by atoms with Crippen molar-refractivity contribution in [1.82, 2.24) is 20.4 Å². The first kappa shape index (κ1) is 24.8. The lowest BCUT2D eigenvalue weighted by Gasteiger charge is -2.15. The summed E-state index contributed by atoms with van der Waals surface area (Å²) < 4.78 is 5.38. The summed E-state index contributed by atoms with van der Waals surface area (Å²) in [5.41, 5.74) is 4.46. The first-order valence-corrected chi connectivity index (χ1v) is 12.1. The van der Waals surface area contributed by atoms with E-state index >= 15 is 0 Å². The van der Waals surface area contributed by atoms with Crippen LogP contribution in [0, 0.1) is 6.92 Å². The van der Waals surface area contributed by atoms with Gasteiger partial charge in [0.15, 0.2) is 11.5 Å². The van der Waals surface area contributed by atoms with Crippen LogP contribution < -0.4 is 16.0 Å². The number of nitrogens with zero attached hydrogens (tertiary/aromatic N) is 3. The molecule has 190 valence electrons. The second-order valence-corrected chi connectivity index (χ2v) is 8.85. The fourth-order valence-electron chi connectivity index (χ4n) is 4.11. The molecule has 0 fully saturated rings. The Morgan fingerprint density at radius 1 is 0.895 bits per heavy atom. The number of likely N-dealkylation sites (N-methyl/N-ethyl adjacent to an activating group) is 1. The zero-order valence-electron chi connectivity index (χ0n) is 21.1. The average Bonchev–Trinajstić information content (AvgIpc) is 3.43. The third-order valence-corrected chi connectivity index (χ3v) is 6.23. The Labute approximate surface area is 219 Å². The van der Waals surface area contributed by atoms with Crippen LogP contribution in [0.2, 0.25) is 0 Å². The molecule has 3 N–H and O–H groups in total. The number of hydrogen-bond donors (Lipinski definition) is 3. The van der Waals surface area contributed by atoms with Crippen molar-refractivity contribution in [2.75, 3.05) is 17.7 Å². The van der Waals surface area contributed by atoms with E-state index < -0.39 is 11.9 Å². The number of rotatable bonds is 7. The van der Waals surface area contributed by atoms with Crippen LogP contribution in [-0.2, 0) is 4.79 Å². The summed E-state index contributed by atoms with van der Waals surface area (Å²) in [5, 5.41) is 13.4. The molecule has 3 heterocycles. The van der Waals surface area contributed by atoms with Crippen molar-refractivity contribution in [1.29, 1.82) is 0 Å². The second-order valence-electron chi connectivity index (χ2n) is 8.85. The fourth-order valence-corrected chi connectivity index (χ4v) is 4.11. The molecule has 0 spiro atoms. The Balaban J connectivity index is 1.53. The van der Waals surface area contributed by atoms with Crippen LogP contribution in [0.3, 0.4) is 0 Å². The zero-order valence-corrected chi connectivity index (χ0v) is 21.1. The minimum atomic E-state index is -0.488. The number of amides is 2. The molecular formula is C29H26N6O3. The Morgan fingerprint density at radius 3 is 2.42 bits per heavy atom. The van der Waals surface area contributed by atoms with Crippen LogP contribution in [0.25, 0.3) is 33.4 Å². The molecule has 5 aromatic rings. The van der Waals surface area contributed by atoms with Crippen LogP contribution in [0.4, 0.5) is 11.6 Å². The number of carbonyl (C=O) groups is 2. The third-order valence-electron chi connectivity index (χ3n) is 6.23. The summed E-state index contributed by atoms with van der Waals surface area (Å²) in [7, 11) is 1.70. The smallest absolute Gasteiger partial charge is 0.279 e. The second kappa shape index (κ2) is 10.6. The lowest BCUT2D eigenvalue weighted by Crippen LogP contribution is -2.35. The molecule has 0 radical (unpaired) electrons. The maximum atomic E-state index is 13.1. The quantitative estimate of drug-likeness (QED) is 0.282. The summed E-state index contributed by atoms with van der Waals surface area (Å²) in [6.45, 7) is 3.75. The van der Waals surface area contributed by atoms with Crippen LogP contribution >= 0.6 is 0 Å². The normalized spacial score (nSPS) is 11.8. The van der Waals surface area contributed by atoms with E-state index in [0.29, 0.717) is 11.6 Å². The van der Waals surface area contributed by atoms with Crippen molar-refractivity contribution in [3.8, 4) is 22.5 Å². The molecule has 0 saturated heterocycles. The van der Waals surface area contributed by atoms with Crippen molar-refractivity contribution < 1.29 is 14.1 Å². The summed E-state index contributed by atoms with van der Waals surface area (Å²) >= 11 is 0. The molecule has 0 saturated carbocycles. The molecule has 0 aliphatic rings. The molecular weight excluding hydrogens is 480 g/mol. The SMILES string of the molecule is CNC(C)C(=O)Nc1cc(-c2c(C)ccc3ncccc23)cc(NC(=O)c2cc(-c3ccccc3)on2)n1. The monoisotopic (exact) mass is 506 g/mol. The zero-order chi connectivity index (χ0) is 26.6. The van der Waals surface area contributed by atoms with Crippen LogP contribution in [-0.4, -0.2) is 40.0 Å². The van der Waals surface area contributed by atoms with Gasteiger partial charge in [0, 0.05) is 23.2 Å². The van der Waals surface area contributed by atoms with Gasteiger partial charge in [-0.25, -0.2) is 4.98 Å². The van der Waals surface area contributed by atoms with Gasteiger partial charge in [0.05, 0.1) is 11.6 Å². The van der Waals surface area contributed by atoms with Gasteiger partial charge in [0.1, 0.15) is 11.6 Å². The van der Waals surface area contributed by atoms with Crippen LogP contribution in [0.15, 0.2) is 83.5 Å². The number of aromatic nitrogens is 3. The third kappa shape index (κ3) is 5.14. The standard InChI is InChI=1S/C29H26N6O3/c1-17-11-12-22-21(10-7-13-31-22)27(17)20-14-25(33-28(36)18(2)30-3)32-26(15-20)34-29(37)23-16-24(38-35-23)19-8-5-4-6-9-19/h4-16,18,30H,1-3H3,(H2,32,33,34,36,37). The van der Waals surface area contributed by atoms with Crippen LogP contribution in [0.1, 0.15) is 23.0 Å². The van der Waals surface area contributed by atoms with Gasteiger partial charge in [-0.2, -0.15) is 0 Å². The van der Waals surface area contributed by atoms with Gasteiger partial charge < -0.3 is 20.5 Å². The van der Waals surface area contributed by atoms with Crippen molar-refractivity contribution >= 4 is 34.4 Å². The molecule has 9 nitrogen and oxygen atoms in total. The van der Waals surface area contributed by atoms with E-state index in [9.17, 15) is 9.59 Å². The number of nitrogens with one attached hydrogen (secondary N) is 3. The Hall–Kier alpha value is -4.89. The number of carbonyl (C=O) groups excluding carboxylic acids is 2. The van der Waals surface area contributed by atoms with E-state index in [2.05, 4.69) is 31.1 Å². The molecule has 1 atom stereocenters. The molecule has 0 aliphatic heterocycles. The lowest BCUT2D eigenvalue weighted by atomic mass is 9.96. The number of hydrogen-bond acceptors (Lipinski definition) is 7. The maximum absolute atomic E-state index is 13.1. The van der Waals surface area contributed by atoms with Gasteiger partial charge in [0.2, 0.25) is 5.91 Å². The summed E-state index contributed by atoms with van der Waals surface area (Å²) in [4.78, 5) is 34.7. The molecule has 38 heavy (non-hydrogen) atoms. The van der Waals surface area contributed by atoms with Crippen molar-refractivity contribution in [3.63, 3.8) is 0 Å². The molecule has 2 amide bonds. The molecule has 0 aliphatic carbocycles. The minimum absolute atomic E-state index is 0.107. The Kier molecular flexibility index (Phi) is 6.92. The minimum Gasteiger partial charge on any atom is -0.355 e. The average molecular weight is 507 g/mol. The van der Waals surface area contributed by atoms with Gasteiger partial charge in [-0.05, 0) is 61.9 Å². The fraction of sp³-hybridized carbons (Fsp3) is 0.138. The highest BCUT2D eigenvalue weighted by Gasteiger charge is 2.18. The van der Waals surface area contributed by atoms with Crippen molar-refractivity contribution in [3.05, 3.63) is 90.3 Å². The topological polar surface area (TPSA) is 122 Å². The highest BCUT2D eigenvalue weighted by molar-refractivity contribution is 6.04. The van der Waals surface area contributed by atoms with Gasteiger partial charge in [-0.15, -0.1) is 0 Å². The number of aryl methyl sites for hydroxylation is 1. The Morgan fingerprint density at radius 2 is 1.66 bits per heavy atom. The first-order chi connectivity index (χ1) is 18.4. The van der Waals surface area contributed by atoms with E-state index in [-0.39, 0.29) is 17.4 Å². The molecule has 2 aromatic carbocycles. The van der Waals surface area contributed by atoms with Crippen LogP contribution in [0.5, 0.6) is 0 Å². The van der Waals surface area contributed by atoms with Gasteiger partial charge in [-0.3, -0.25) is 14.6 Å². The number of pyridine rings is 2. The Bertz CT molecular complexity index is 1630. The van der Waals surface area contributed by atoms with E-state index in [4.69, 9.17) is 4.52 Å². The van der Waals surface area contributed by atoms with Gasteiger partial charge in [0.25, 0.3) is 5.91 Å². The van der Waals surface area contributed by atoms with E-state index in [1.54, 1.807) is 38.4 Å². The van der Waals surface area contributed by atoms with Gasteiger partial charge in [-0.1, -0.05) is 47.6 Å². The van der Waals surface area contributed by atoms with E-state index in [0.717, 1.165) is 33.2 Å². The van der Waals surface area contributed by atoms with Gasteiger partial charge >= 0.3 is 0 Å². The van der Waals surface area contributed by atoms with Crippen molar-refractivity contribution in [2.24, 2.45) is 0 Å². The predicted molar refractivity (Wildman–Crippen MR) is 147 cm³/mol. The number of fused-ring (bicyclic) bond motifs is 1. The van der Waals surface area contributed by atoms with E-state index in [1.807, 2.05) is 61.5 Å². The first-order valence-electron chi connectivity index (χ1n) is 12.1.